The van der Waals surface area contributed by atoms with Crippen LogP contribution in [0, 0.1) is 0 Å². The van der Waals surface area contributed by atoms with Crippen molar-refractivity contribution in [2.75, 3.05) is 12.9 Å². The smallest absolute Gasteiger partial charge is 0.163 e. The Kier molecular flexibility index (Phi) is 3.43. The Labute approximate surface area is 105 Å². The Morgan fingerprint density at radius 3 is 2.82 bits per heavy atom. The summed E-state index contributed by atoms with van der Waals surface area (Å²) in [5.41, 5.74) is 1.73. The van der Waals surface area contributed by atoms with Gasteiger partial charge in [-0.05, 0) is 38.3 Å². The average Bonchev–Trinajstić information content (AvgIpc) is 2.67. The number of Topliss-reactive ketones (excluding diaryl/α,β-unsaturated/α-hetero) is 1. The number of aromatic nitrogens is 1. The minimum absolute atomic E-state index is 0.0780. The van der Waals surface area contributed by atoms with Gasteiger partial charge in [-0.1, -0.05) is 0 Å². The minimum atomic E-state index is 0.0780. The lowest BCUT2D eigenvalue weighted by Gasteiger charge is -2.02. The highest BCUT2D eigenvalue weighted by molar-refractivity contribution is 7.98. The van der Waals surface area contributed by atoms with Crippen molar-refractivity contribution in [1.29, 1.82) is 0 Å². The van der Waals surface area contributed by atoms with Crippen LogP contribution in [0.3, 0.4) is 0 Å². The average molecular weight is 249 g/mol. The quantitative estimate of drug-likeness (QED) is 0.666. The van der Waals surface area contributed by atoms with E-state index in [1.807, 2.05) is 31.4 Å². The lowest BCUT2D eigenvalue weighted by atomic mass is 10.1. The summed E-state index contributed by atoms with van der Waals surface area (Å²) in [4.78, 5) is 14.9. The van der Waals surface area contributed by atoms with Gasteiger partial charge < -0.3 is 9.72 Å². The van der Waals surface area contributed by atoms with Gasteiger partial charge in [0.1, 0.15) is 5.75 Å². The van der Waals surface area contributed by atoms with Crippen LogP contribution in [0.1, 0.15) is 24.2 Å². The molecule has 0 saturated carbocycles. The van der Waals surface area contributed by atoms with E-state index in [2.05, 4.69) is 4.98 Å². The Balaban J connectivity index is 2.65. The molecule has 17 heavy (non-hydrogen) atoms. The third kappa shape index (κ3) is 2.17. The number of fused-ring (bicyclic) bond motifs is 1. The zero-order chi connectivity index (χ0) is 12.4. The maximum atomic E-state index is 11.7. The molecule has 2 rings (SSSR count). The maximum Gasteiger partial charge on any atom is 0.163 e. The van der Waals surface area contributed by atoms with Gasteiger partial charge in [0.25, 0.3) is 0 Å². The van der Waals surface area contributed by atoms with Crippen molar-refractivity contribution in [2.24, 2.45) is 0 Å². The number of H-pyrrole nitrogens is 1. The molecule has 0 amide bonds. The second-order valence-electron chi connectivity index (χ2n) is 3.73. The summed E-state index contributed by atoms with van der Waals surface area (Å²) in [6.45, 7) is 4.16. The summed E-state index contributed by atoms with van der Waals surface area (Å²) in [7, 11) is 0. The second kappa shape index (κ2) is 4.84. The molecule has 90 valence electrons. The third-order valence-corrected chi connectivity index (χ3v) is 3.32. The summed E-state index contributed by atoms with van der Waals surface area (Å²) < 4.78 is 5.46. The highest BCUT2D eigenvalue weighted by atomic mass is 32.2. The summed E-state index contributed by atoms with van der Waals surface area (Å²) in [6.07, 6.45) is 1.96. The Morgan fingerprint density at radius 2 is 2.24 bits per heavy atom. The number of carbonyl (C=O) groups excluding carboxylic acids is 1. The number of thioether (sulfide) groups is 1. The lowest BCUT2D eigenvalue weighted by Crippen LogP contribution is -1.93. The lowest BCUT2D eigenvalue weighted by molar-refractivity contribution is 0.101. The molecule has 1 aromatic carbocycles. The molecule has 0 unspecified atom stereocenters. The minimum Gasteiger partial charge on any atom is -0.494 e. The first-order valence-electron chi connectivity index (χ1n) is 5.50. The molecule has 0 bridgehead atoms. The zero-order valence-electron chi connectivity index (χ0n) is 10.2. The molecule has 3 nitrogen and oxygen atoms in total. The molecule has 0 aliphatic rings. The van der Waals surface area contributed by atoms with Crippen LogP contribution in [-0.2, 0) is 0 Å². The fraction of sp³-hybridized carbons (Fsp3) is 0.308. The van der Waals surface area contributed by atoms with Gasteiger partial charge in [-0.3, -0.25) is 4.79 Å². The SMILES string of the molecule is CCOc1ccc2[nH]c(SC)c(C(C)=O)c2c1. The van der Waals surface area contributed by atoms with Gasteiger partial charge in [-0.2, -0.15) is 0 Å². The van der Waals surface area contributed by atoms with Crippen LogP contribution >= 0.6 is 11.8 Å². The van der Waals surface area contributed by atoms with Crippen LogP contribution in [-0.4, -0.2) is 23.6 Å². The van der Waals surface area contributed by atoms with Gasteiger partial charge in [0.15, 0.2) is 5.78 Å². The van der Waals surface area contributed by atoms with E-state index in [1.54, 1.807) is 18.7 Å². The molecule has 0 spiro atoms. The maximum absolute atomic E-state index is 11.7. The first-order valence-corrected chi connectivity index (χ1v) is 6.73. The molecule has 0 radical (unpaired) electrons. The van der Waals surface area contributed by atoms with Gasteiger partial charge >= 0.3 is 0 Å². The summed E-state index contributed by atoms with van der Waals surface area (Å²) in [5, 5.41) is 1.86. The highest BCUT2D eigenvalue weighted by Gasteiger charge is 2.15. The normalized spacial score (nSPS) is 10.8. The van der Waals surface area contributed by atoms with E-state index >= 15 is 0 Å². The number of ether oxygens (including phenoxy) is 1. The van der Waals surface area contributed by atoms with Crippen LogP contribution in [0.25, 0.3) is 10.9 Å². The number of aromatic amines is 1. The van der Waals surface area contributed by atoms with E-state index in [0.29, 0.717) is 6.61 Å². The van der Waals surface area contributed by atoms with Crippen LogP contribution in [0.5, 0.6) is 5.75 Å². The molecular weight excluding hydrogens is 234 g/mol. The molecule has 4 heteroatoms. The number of rotatable bonds is 4. The highest BCUT2D eigenvalue weighted by Crippen LogP contribution is 2.31. The first-order chi connectivity index (χ1) is 8.17. The third-order valence-electron chi connectivity index (χ3n) is 2.60. The van der Waals surface area contributed by atoms with Crippen LogP contribution in [0.4, 0.5) is 0 Å². The van der Waals surface area contributed by atoms with Gasteiger partial charge in [0.2, 0.25) is 0 Å². The molecule has 1 aromatic heterocycles. The molecule has 0 saturated heterocycles. The first kappa shape index (κ1) is 12.0. The monoisotopic (exact) mass is 249 g/mol. The largest absolute Gasteiger partial charge is 0.494 e. The summed E-state index contributed by atoms with van der Waals surface area (Å²) >= 11 is 1.55. The van der Waals surface area contributed by atoms with E-state index in [0.717, 1.165) is 27.2 Å². The Hall–Kier alpha value is -1.42. The van der Waals surface area contributed by atoms with Crippen LogP contribution < -0.4 is 4.74 Å². The van der Waals surface area contributed by atoms with Crippen molar-refractivity contribution >= 4 is 28.4 Å². The molecule has 0 aliphatic heterocycles. The van der Waals surface area contributed by atoms with Gasteiger partial charge in [-0.15, -0.1) is 11.8 Å². The zero-order valence-corrected chi connectivity index (χ0v) is 11.0. The summed E-state index contributed by atoms with van der Waals surface area (Å²) in [5.74, 6) is 0.878. The van der Waals surface area contributed by atoms with Crippen molar-refractivity contribution < 1.29 is 9.53 Å². The Bertz CT molecular complexity index is 560. The number of hydrogen-bond donors (Lipinski definition) is 1. The molecule has 1 N–H and O–H groups in total. The fourth-order valence-electron chi connectivity index (χ4n) is 1.91. The van der Waals surface area contributed by atoms with Crippen molar-refractivity contribution in [3.8, 4) is 5.75 Å². The fourth-order valence-corrected chi connectivity index (χ4v) is 2.58. The van der Waals surface area contributed by atoms with Crippen molar-refractivity contribution in [1.82, 2.24) is 4.98 Å². The van der Waals surface area contributed by atoms with E-state index in [4.69, 9.17) is 4.74 Å². The topological polar surface area (TPSA) is 42.1 Å². The molecule has 0 atom stereocenters. The molecule has 0 fully saturated rings. The number of nitrogens with one attached hydrogen (secondary N) is 1. The molecular formula is C13H15NO2S. The predicted molar refractivity (Wildman–Crippen MR) is 71.3 cm³/mol. The van der Waals surface area contributed by atoms with E-state index in [-0.39, 0.29) is 5.78 Å². The molecule has 2 aromatic rings. The standard InChI is InChI=1S/C13H15NO2S/c1-4-16-9-5-6-11-10(7-9)12(8(2)15)13(14-11)17-3/h5-7,14H,4H2,1-3H3. The molecule has 1 heterocycles. The molecule has 0 aliphatic carbocycles. The number of carbonyl (C=O) groups is 1. The van der Waals surface area contributed by atoms with Gasteiger partial charge in [0.05, 0.1) is 17.2 Å². The van der Waals surface area contributed by atoms with Gasteiger partial charge in [-0.25, -0.2) is 0 Å². The van der Waals surface area contributed by atoms with E-state index in [1.165, 1.54) is 0 Å². The second-order valence-corrected chi connectivity index (χ2v) is 4.55. The van der Waals surface area contributed by atoms with Crippen molar-refractivity contribution in [3.05, 3.63) is 23.8 Å². The summed E-state index contributed by atoms with van der Waals surface area (Å²) in [6, 6.07) is 5.79. The van der Waals surface area contributed by atoms with Gasteiger partial charge in [0, 0.05) is 10.9 Å². The van der Waals surface area contributed by atoms with Crippen molar-refractivity contribution in [2.45, 2.75) is 18.9 Å². The van der Waals surface area contributed by atoms with E-state index < -0.39 is 0 Å². The van der Waals surface area contributed by atoms with Crippen molar-refractivity contribution in [3.63, 3.8) is 0 Å². The number of benzene rings is 1. The number of ketones is 1. The van der Waals surface area contributed by atoms with Crippen LogP contribution in [0.15, 0.2) is 23.2 Å². The van der Waals surface area contributed by atoms with E-state index in [9.17, 15) is 4.79 Å². The number of hydrogen-bond acceptors (Lipinski definition) is 3. The Morgan fingerprint density at radius 1 is 1.47 bits per heavy atom. The van der Waals surface area contributed by atoms with Crippen LogP contribution in [0.2, 0.25) is 0 Å². The predicted octanol–water partition coefficient (Wildman–Crippen LogP) is 3.49.